The Bertz CT molecular complexity index is 334. The molecular formula is C11H15F3N2O2. The highest BCUT2D eigenvalue weighted by molar-refractivity contribution is 5.86. The highest BCUT2D eigenvalue weighted by Crippen LogP contribution is 2.23. The fourth-order valence-corrected chi connectivity index (χ4v) is 1.84. The molecule has 1 heterocycles. The van der Waals surface area contributed by atoms with Crippen LogP contribution in [0.5, 0.6) is 0 Å². The lowest BCUT2D eigenvalue weighted by molar-refractivity contribution is -0.186. The number of halogens is 3. The van der Waals surface area contributed by atoms with Gasteiger partial charge in [0.25, 0.3) is 0 Å². The van der Waals surface area contributed by atoms with Gasteiger partial charge in [-0.25, -0.2) is 0 Å². The van der Waals surface area contributed by atoms with E-state index in [4.69, 9.17) is 0 Å². The molecule has 0 saturated carbocycles. The van der Waals surface area contributed by atoms with Crippen LogP contribution in [-0.2, 0) is 9.59 Å². The molecule has 0 spiro atoms. The average Bonchev–Trinajstić information content (AvgIpc) is 2.34. The lowest BCUT2D eigenvalue weighted by atomic mass is 9.96. The molecule has 0 bridgehead atoms. The second-order valence-corrected chi connectivity index (χ2v) is 4.18. The molecule has 1 saturated heterocycles. The van der Waals surface area contributed by atoms with E-state index in [-0.39, 0.29) is 24.9 Å². The maximum Gasteiger partial charge on any atom is 0.471 e. The second kappa shape index (κ2) is 5.88. The smallest absolute Gasteiger partial charge is 0.352 e. The van der Waals surface area contributed by atoms with Crippen molar-refractivity contribution in [3.63, 3.8) is 0 Å². The summed E-state index contributed by atoms with van der Waals surface area (Å²) < 4.78 is 36.5. The summed E-state index contributed by atoms with van der Waals surface area (Å²) in [7, 11) is 0. The summed E-state index contributed by atoms with van der Waals surface area (Å²) in [6.07, 6.45) is -2.75. The first-order valence-electron chi connectivity index (χ1n) is 5.61. The third-order valence-corrected chi connectivity index (χ3v) is 2.89. The number of amides is 2. The van der Waals surface area contributed by atoms with Crippen LogP contribution in [0.2, 0.25) is 0 Å². The summed E-state index contributed by atoms with van der Waals surface area (Å²) in [5, 5.41) is 2.59. The van der Waals surface area contributed by atoms with Gasteiger partial charge >= 0.3 is 12.1 Å². The van der Waals surface area contributed by atoms with Crippen molar-refractivity contribution in [2.75, 3.05) is 19.6 Å². The molecule has 1 N–H and O–H groups in total. The molecule has 1 aliphatic rings. The zero-order valence-corrected chi connectivity index (χ0v) is 9.79. The van der Waals surface area contributed by atoms with E-state index in [2.05, 4.69) is 11.9 Å². The van der Waals surface area contributed by atoms with Gasteiger partial charge in [0.1, 0.15) is 0 Å². The highest BCUT2D eigenvalue weighted by atomic mass is 19.4. The van der Waals surface area contributed by atoms with Gasteiger partial charge in [-0.05, 0) is 24.8 Å². The first-order valence-corrected chi connectivity index (χ1v) is 5.61. The van der Waals surface area contributed by atoms with E-state index >= 15 is 0 Å². The largest absolute Gasteiger partial charge is 0.471 e. The number of carbonyl (C=O) groups excluding carboxylic acids is 2. The SMILES string of the molecule is C=CC(=O)NCC1CCN(C(=O)C(F)(F)F)CC1. The summed E-state index contributed by atoms with van der Waals surface area (Å²) in [5.74, 6) is -1.98. The molecule has 7 heteroatoms. The van der Waals surface area contributed by atoms with Gasteiger partial charge < -0.3 is 10.2 Å². The number of piperidine rings is 1. The zero-order chi connectivity index (χ0) is 13.8. The van der Waals surface area contributed by atoms with E-state index in [1.54, 1.807) is 0 Å². The van der Waals surface area contributed by atoms with Crippen LogP contribution in [0.3, 0.4) is 0 Å². The highest BCUT2D eigenvalue weighted by Gasteiger charge is 2.43. The quantitative estimate of drug-likeness (QED) is 0.776. The predicted octanol–water partition coefficient (Wildman–Crippen LogP) is 1.09. The second-order valence-electron chi connectivity index (χ2n) is 4.18. The standard InChI is InChI=1S/C11H15F3N2O2/c1-2-9(17)15-7-8-3-5-16(6-4-8)10(18)11(12,13)14/h2,8H,1,3-7H2,(H,15,17). The van der Waals surface area contributed by atoms with Crippen LogP contribution in [0.1, 0.15) is 12.8 Å². The molecule has 1 aliphatic heterocycles. The van der Waals surface area contributed by atoms with Crippen molar-refractivity contribution < 1.29 is 22.8 Å². The van der Waals surface area contributed by atoms with Crippen LogP contribution < -0.4 is 5.32 Å². The van der Waals surface area contributed by atoms with E-state index in [9.17, 15) is 22.8 Å². The van der Waals surface area contributed by atoms with E-state index in [1.807, 2.05) is 0 Å². The minimum absolute atomic E-state index is 0.0764. The van der Waals surface area contributed by atoms with Crippen LogP contribution >= 0.6 is 0 Å². The summed E-state index contributed by atoms with van der Waals surface area (Å²) in [6.45, 7) is 3.85. The van der Waals surface area contributed by atoms with Gasteiger partial charge in [0.2, 0.25) is 5.91 Å². The minimum atomic E-state index is -4.80. The maximum atomic E-state index is 12.2. The number of likely N-dealkylation sites (tertiary alicyclic amines) is 1. The number of carbonyl (C=O) groups is 2. The third-order valence-electron chi connectivity index (χ3n) is 2.89. The normalized spacial score (nSPS) is 17.4. The predicted molar refractivity (Wildman–Crippen MR) is 58.6 cm³/mol. The lowest BCUT2D eigenvalue weighted by Crippen LogP contribution is -2.46. The Hall–Kier alpha value is -1.53. The van der Waals surface area contributed by atoms with Gasteiger partial charge in [0.05, 0.1) is 0 Å². The molecule has 0 aromatic carbocycles. The van der Waals surface area contributed by atoms with E-state index < -0.39 is 12.1 Å². The number of hydrogen-bond acceptors (Lipinski definition) is 2. The van der Waals surface area contributed by atoms with Crippen molar-refractivity contribution in [1.82, 2.24) is 10.2 Å². The summed E-state index contributed by atoms with van der Waals surface area (Å²) in [5.41, 5.74) is 0. The first-order chi connectivity index (χ1) is 8.34. The van der Waals surface area contributed by atoms with Gasteiger partial charge in [-0.1, -0.05) is 6.58 Å². The summed E-state index contributed by atoms with van der Waals surface area (Å²) in [4.78, 5) is 22.7. The van der Waals surface area contributed by atoms with Gasteiger partial charge in [-0.3, -0.25) is 9.59 Å². The lowest BCUT2D eigenvalue weighted by Gasteiger charge is -2.32. The van der Waals surface area contributed by atoms with Crippen LogP contribution in [0.15, 0.2) is 12.7 Å². The molecule has 0 aromatic heterocycles. The van der Waals surface area contributed by atoms with Crippen molar-refractivity contribution in [3.05, 3.63) is 12.7 Å². The Labute approximate surface area is 103 Å². The maximum absolute atomic E-state index is 12.2. The number of hydrogen-bond donors (Lipinski definition) is 1. The van der Waals surface area contributed by atoms with Crippen molar-refractivity contribution in [1.29, 1.82) is 0 Å². The summed E-state index contributed by atoms with van der Waals surface area (Å²) >= 11 is 0. The molecule has 4 nitrogen and oxygen atoms in total. The fourth-order valence-electron chi connectivity index (χ4n) is 1.84. The van der Waals surface area contributed by atoms with Crippen LogP contribution in [0, 0.1) is 5.92 Å². The Morgan fingerprint density at radius 2 is 1.89 bits per heavy atom. The van der Waals surface area contributed by atoms with Gasteiger partial charge in [-0.2, -0.15) is 13.2 Å². The Morgan fingerprint density at radius 3 is 2.33 bits per heavy atom. The van der Waals surface area contributed by atoms with Crippen molar-refractivity contribution in [2.24, 2.45) is 5.92 Å². The topological polar surface area (TPSA) is 49.4 Å². The average molecular weight is 264 g/mol. The Balaban J connectivity index is 2.35. The molecular weight excluding hydrogens is 249 g/mol. The van der Waals surface area contributed by atoms with E-state index in [0.29, 0.717) is 19.4 Å². The van der Waals surface area contributed by atoms with E-state index in [1.165, 1.54) is 0 Å². The van der Waals surface area contributed by atoms with E-state index in [0.717, 1.165) is 11.0 Å². The van der Waals surface area contributed by atoms with Gasteiger partial charge in [0, 0.05) is 19.6 Å². The van der Waals surface area contributed by atoms with Crippen molar-refractivity contribution in [3.8, 4) is 0 Å². The molecule has 0 radical (unpaired) electrons. The molecule has 18 heavy (non-hydrogen) atoms. The monoisotopic (exact) mass is 264 g/mol. The number of alkyl halides is 3. The molecule has 1 rings (SSSR count). The third kappa shape index (κ3) is 4.05. The molecule has 0 aromatic rings. The number of nitrogens with zero attached hydrogens (tertiary/aromatic N) is 1. The van der Waals surface area contributed by atoms with Crippen LogP contribution in [0.25, 0.3) is 0 Å². The fraction of sp³-hybridized carbons (Fsp3) is 0.636. The Kier molecular flexibility index (Phi) is 4.75. The number of rotatable bonds is 3. The van der Waals surface area contributed by atoms with Crippen molar-refractivity contribution in [2.45, 2.75) is 19.0 Å². The number of nitrogens with one attached hydrogen (secondary N) is 1. The first kappa shape index (κ1) is 14.5. The van der Waals surface area contributed by atoms with Gasteiger partial charge in [-0.15, -0.1) is 0 Å². The van der Waals surface area contributed by atoms with Crippen molar-refractivity contribution >= 4 is 11.8 Å². The van der Waals surface area contributed by atoms with Gasteiger partial charge in [0.15, 0.2) is 0 Å². The minimum Gasteiger partial charge on any atom is -0.352 e. The zero-order valence-electron chi connectivity index (χ0n) is 9.79. The molecule has 0 atom stereocenters. The molecule has 1 fully saturated rings. The molecule has 102 valence electrons. The molecule has 0 aliphatic carbocycles. The molecule has 0 unspecified atom stereocenters. The van der Waals surface area contributed by atoms with Crippen LogP contribution in [-0.4, -0.2) is 42.5 Å². The van der Waals surface area contributed by atoms with Crippen LogP contribution in [0.4, 0.5) is 13.2 Å². The summed E-state index contributed by atoms with van der Waals surface area (Å²) in [6, 6.07) is 0. The Morgan fingerprint density at radius 1 is 1.33 bits per heavy atom. The molecule has 2 amide bonds.